The fourth-order valence-corrected chi connectivity index (χ4v) is 1.01. The molecule has 0 aliphatic rings. The Bertz CT molecular complexity index is 272. The number of carbonyl (C=O) groups is 1. The molecule has 70 valence electrons. The molecule has 0 saturated heterocycles. The zero-order chi connectivity index (χ0) is 9.68. The summed E-state index contributed by atoms with van der Waals surface area (Å²) in [6.45, 7) is 1.94. The van der Waals surface area contributed by atoms with E-state index in [0.29, 0.717) is 5.56 Å². The van der Waals surface area contributed by atoms with E-state index in [9.17, 15) is 4.79 Å². The summed E-state index contributed by atoms with van der Waals surface area (Å²) >= 11 is 3.23. The maximum atomic E-state index is 11.4. The Morgan fingerprint density at radius 1 is 1.46 bits per heavy atom. The van der Waals surface area contributed by atoms with Crippen LogP contribution in [0.5, 0.6) is 0 Å². The van der Waals surface area contributed by atoms with Crippen LogP contribution < -0.4 is 0 Å². The lowest BCUT2D eigenvalue weighted by molar-refractivity contribution is 0.0464. The number of rotatable bonds is 3. The van der Waals surface area contributed by atoms with Gasteiger partial charge in [0.25, 0.3) is 0 Å². The van der Waals surface area contributed by atoms with Gasteiger partial charge in [0.15, 0.2) is 5.01 Å². The van der Waals surface area contributed by atoms with Crippen molar-refractivity contribution in [1.29, 1.82) is 0 Å². The van der Waals surface area contributed by atoms with Crippen molar-refractivity contribution in [1.82, 2.24) is 0 Å². The predicted molar refractivity (Wildman–Crippen MR) is 54.9 cm³/mol. The van der Waals surface area contributed by atoms with Crippen LogP contribution in [0.15, 0.2) is 30.3 Å². The van der Waals surface area contributed by atoms with Crippen molar-refractivity contribution in [2.75, 3.05) is 0 Å². The van der Waals surface area contributed by atoms with E-state index in [1.165, 1.54) is 0 Å². The molecule has 0 heterocycles. The monoisotopic (exact) mass is 242 g/mol. The summed E-state index contributed by atoms with van der Waals surface area (Å²) in [6, 6.07) is 8.95. The van der Waals surface area contributed by atoms with Crippen molar-refractivity contribution < 1.29 is 9.53 Å². The normalized spacial score (nSPS) is 12.2. The number of carbonyl (C=O) groups excluding carboxylic acids is 1. The molecule has 0 aliphatic carbocycles. The fraction of sp³-hybridized carbons (Fsp3) is 0.300. The lowest BCUT2D eigenvalue weighted by atomic mass is 10.2. The molecule has 1 unspecified atom stereocenters. The molecule has 3 heteroatoms. The first kappa shape index (κ1) is 10.3. The maximum absolute atomic E-state index is 11.4. The zero-order valence-electron chi connectivity index (χ0n) is 7.37. The molecule has 0 radical (unpaired) electrons. The summed E-state index contributed by atoms with van der Waals surface area (Å²) in [6.07, 6.45) is 0.762. The highest BCUT2D eigenvalue weighted by molar-refractivity contribution is 9.09. The second-order valence-corrected chi connectivity index (χ2v) is 3.61. The van der Waals surface area contributed by atoms with Crippen LogP contribution in [-0.2, 0) is 4.74 Å². The lowest BCUT2D eigenvalue weighted by Crippen LogP contribution is -2.11. The van der Waals surface area contributed by atoms with E-state index in [1.807, 2.05) is 25.1 Å². The molecule has 13 heavy (non-hydrogen) atoms. The van der Waals surface area contributed by atoms with E-state index in [4.69, 9.17) is 4.74 Å². The summed E-state index contributed by atoms with van der Waals surface area (Å²) in [7, 11) is 0. The van der Waals surface area contributed by atoms with Gasteiger partial charge >= 0.3 is 5.97 Å². The molecule has 0 aliphatic heterocycles. The molecule has 1 rings (SSSR count). The third-order valence-corrected chi connectivity index (χ3v) is 2.40. The first-order valence-electron chi connectivity index (χ1n) is 4.14. The second kappa shape index (κ2) is 5.02. The molecular formula is C10H11BrO2. The van der Waals surface area contributed by atoms with Crippen molar-refractivity contribution in [2.45, 2.75) is 18.4 Å². The van der Waals surface area contributed by atoms with Gasteiger partial charge in [0, 0.05) is 0 Å². The number of halogens is 1. The van der Waals surface area contributed by atoms with Crippen LogP contribution in [0.1, 0.15) is 23.7 Å². The largest absolute Gasteiger partial charge is 0.447 e. The molecular weight excluding hydrogens is 232 g/mol. The third kappa shape index (κ3) is 3.19. The summed E-state index contributed by atoms with van der Waals surface area (Å²) < 4.78 is 5.06. The number of alkyl halides is 1. The van der Waals surface area contributed by atoms with Crippen LogP contribution in [0, 0.1) is 0 Å². The van der Waals surface area contributed by atoms with Crippen molar-refractivity contribution in [3.63, 3.8) is 0 Å². The van der Waals surface area contributed by atoms with Crippen LogP contribution in [0.25, 0.3) is 0 Å². The summed E-state index contributed by atoms with van der Waals surface area (Å²) in [5.74, 6) is -0.288. The minimum Gasteiger partial charge on any atom is -0.447 e. The Morgan fingerprint density at radius 2 is 2.08 bits per heavy atom. The molecule has 0 N–H and O–H groups in total. The van der Waals surface area contributed by atoms with Gasteiger partial charge < -0.3 is 4.74 Å². The van der Waals surface area contributed by atoms with Gasteiger partial charge in [0.05, 0.1) is 5.56 Å². The van der Waals surface area contributed by atoms with Gasteiger partial charge in [-0.1, -0.05) is 25.1 Å². The van der Waals surface area contributed by atoms with Crippen LogP contribution in [0.3, 0.4) is 0 Å². The molecule has 0 aromatic heterocycles. The van der Waals surface area contributed by atoms with Crippen molar-refractivity contribution in [3.8, 4) is 0 Å². The van der Waals surface area contributed by atoms with E-state index in [1.54, 1.807) is 12.1 Å². The minimum absolute atomic E-state index is 0.194. The van der Waals surface area contributed by atoms with Gasteiger partial charge in [-0.3, -0.25) is 0 Å². The number of hydrogen-bond donors (Lipinski definition) is 0. The van der Waals surface area contributed by atoms with Crippen LogP contribution in [-0.4, -0.2) is 11.0 Å². The molecule has 2 nitrogen and oxygen atoms in total. The molecule has 0 fully saturated rings. The van der Waals surface area contributed by atoms with E-state index in [0.717, 1.165) is 6.42 Å². The SMILES string of the molecule is CCC(Br)OC(=O)c1ccccc1. The standard InChI is InChI=1S/C10H11BrO2/c1-2-9(11)13-10(12)8-6-4-3-5-7-8/h3-7,9H,2H2,1H3. The molecule has 1 aromatic rings. The number of benzene rings is 1. The number of ether oxygens (including phenoxy) is 1. The molecule has 0 amide bonds. The van der Waals surface area contributed by atoms with Crippen molar-refractivity contribution in [3.05, 3.63) is 35.9 Å². The Morgan fingerprint density at radius 3 is 2.62 bits per heavy atom. The first-order valence-corrected chi connectivity index (χ1v) is 5.05. The van der Waals surface area contributed by atoms with Gasteiger partial charge in [-0.2, -0.15) is 0 Å². The number of hydrogen-bond acceptors (Lipinski definition) is 2. The average Bonchev–Trinajstić information content (AvgIpc) is 2.19. The summed E-state index contributed by atoms with van der Waals surface area (Å²) in [5.41, 5.74) is 0.584. The van der Waals surface area contributed by atoms with Crippen LogP contribution in [0.2, 0.25) is 0 Å². The van der Waals surface area contributed by atoms with E-state index in [-0.39, 0.29) is 11.0 Å². The highest BCUT2D eigenvalue weighted by atomic mass is 79.9. The zero-order valence-corrected chi connectivity index (χ0v) is 8.95. The van der Waals surface area contributed by atoms with E-state index >= 15 is 0 Å². The van der Waals surface area contributed by atoms with Gasteiger partial charge in [0.1, 0.15) is 0 Å². The topological polar surface area (TPSA) is 26.3 Å². The van der Waals surface area contributed by atoms with Crippen molar-refractivity contribution >= 4 is 21.9 Å². The van der Waals surface area contributed by atoms with E-state index < -0.39 is 0 Å². The highest BCUT2D eigenvalue weighted by Crippen LogP contribution is 2.10. The molecule has 0 saturated carbocycles. The lowest BCUT2D eigenvalue weighted by Gasteiger charge is -2.08. The fourth-order valence-electron chi connectivity index (χ4n) is 0.842. The first-order chi connectivity index (χ1) is 6.24. The second-order valence-electron chi connectivity index (χ2n) is 2.59. The number of esters is 1. The molecule has 1 aromatic carbocycles. The quantitative estimate of drug-likeness (QED) is 0.602. The average molecular weight is 243 g/mol. The Balaban J connectivity index is 2.59. The molecule has 0 bridgehead atoms. The highest BCUT2D eigenvalue weighted by Gasteiger charge is 2.10. The third-order valence-electron chi connectivity index (χ3n) is 1.57. The van der Waals surface area contributed by atoms with Crippen LogP contribution in [0.4, 0.5) is 0 Å². The van der Waals surface area contributed by atoms with Gasteiger partial charge in [0.2, 0.25) is 0 Å². The van der Waals surface area contributed by atoms with E-state index in [2.05, 4.69) is 15.9 Å². The smallest absolute Gasteiger partial charge is 0.339 e. The molecule has 0 spiro atoms. The Kier molecular flexibility index (Phi) is 3.96. The summed E-state index contributed by atoms with van der Waals surface area (Å²) in [4.78, 5) is 11.4. The maximum Gasteiger partial charge on any atom is 0.339 e. The molecule has 1 atom stereocenters. The van der Waals surface area contributed by atoms with Crippen molar-refractivity contribution in [2.24, 2.45) is 0 Å². The van der Waals surface area contributed by atoms with Crippen LogP contribution >= 0.6 is 15.9 Å². The summed E-state index contributed by atoms with van der Waals surface area (Å²) in [5, 5.41) is -0.194. The van der Waals surface area contributed by atoms with Gasteiger partial charge in [-0.25, -0.2) is 4.79 Å². The van der Waals surface area contributed by atoms with Gasteiger partial charge in [-0.15, -0.1) is 0 Å². The van der Waals surface area contributed by atoms with Gasteiger partial charge in [-0.05, 0) is 34.5 Å². The minimum atomic E-state index is -0.288. The predicted octanol–water partition coefficient (Wildman–Crippen LogP) is 2.97. The Hall–Kier alpha value is -0.830. The Labute approximate surface area is 86.0 Å².